The van der Waals surface area contributed by atoms with Gasteiger partial charge in [-0.05, 0) is 25.3 Å². The number of aryl methyl sites for hydroxylation is 1. The molecule has 130 valence electrons. The third-order valence-electron chi connectivity index (χ3n) is 3.96. The zero-order valence-electron chi connectivity index (χ0n) is 14.1. The van der Waals surface area contributed by atoms with E-state index < -0.39 is 18.0 Å². The number of nitrogens with zero attached hydrogens (tertiary/aromatic N) is 2. The quantitative estimate of drug-likeness (QED) is 0.739. The Morgan fingerprint density at radius 3 is 2.67 bits per heavy atom. The Bertz CT molecular complexity index is 759. The number of aromatic nitrogens is 2. The second kappa shape index (κ2) is 7.57. The molecule has 0 aromatic carbocycles. The van der Waals surface area contributed by atoms with Crippen LogP contribution >= 0.6 is 11.3 Å². The van der Waals surface area contributed by atoms with Crippen LogP contribution in [-0.2, 0) is 9.53 Å². The summed E-state index contributed by atoms with van der Waals surface area (Å²) in [6.07, 6.45) is 2.08. The predicted octanol–water partition coefficient (Wildman–Crippen LogP) is 3.09. The third kappa shape index (κ3) is 3.48. The van der Waals surface area contributed by atoms with Gasteiger partial charge in [0.1, 0.15) is 27.9 Å². The summed E-state index contributed by atoms with van der Waals surface area (Å²) in [7, 11) is 0. The highest BCUT2D eigenvalue weighted by Gasteiger charge is 2.26. The van der Waals surface area contributed by atoms with Crippen molar-refractivity contribution in [2.24, 2.45) is 5.92 Å². The number of fused-ring (bicyclic) bond motifs is 1. The SMILES string of the molecule is CCOC(=O)c1sc2ncnc(N[C@H](C(=O)O)[C@@H](C)CC)c2c1C. The molecular formula is C16H21N3O4S. The second-order valence-electron chi connectivity index (χ2n) is 5.52. The number of ether oxygens (including phenoxy) is 1. The summed E-state index contributed by atoms with van der Waals surface area (Å²) < 4.78 is 5.06. The first-order chi connectivity index (χ1) is 11.4. The summed E-state index contributed by atoms with van der Waals surface area (Å²) in [5.74, 6) is -0.983. The molecule has 2 aromatic rings. The Morgan fingerprint density at radius 2 is 2.08 bits per heavy atom. The Kier molecular flexibility index (Phi) is 5.71. The molecule has 0 bridgehead atoms. The summed E-state index contributed by atoms with van der Waals surface area (Å²) in [4.78, 5) is 33.1. The summed E-state index contributed by atoms with van der Waals surface area (Å²) in [6.45, 7) is 7.63. The van der Waals surface area contributed by atoms with Crippen molar-refractivity contribution < 1.29 is 19.4 Å². The molecule has 2 heterocycles. The number of hydrogen-bond acceptors (Lipinski definition) is 7. The topological polar surface area (TPSA) is 101 Å². The van der Waals surface area contributed by atoms with E-state index in [4.69, 9.17) is 4.74 Å². The average molecular weight is 351 g/mol. The van der Waals surface area contributed by atoms with Crippen molar-refractivity contribution in [3.05, 3.63) is 16.8 Å². The van der Waals surface area contributed by atoms with Gasteiger partial charge < -0.3 is 15.2 Å². The van der Waals surface area contributed by atoms with Crippen molar-refractivity contribution in [1.29, 1.82) is 0 Å². The molecule has 0 saturated carbocycles. The molecule has 0 saturated heterocycles. The lowest BCUT2D eigenvalue weighted by molar-refractivity contribution is -0.139. The molecule has 0 unspecified atom stereocenters. The lowest BCUT2D eigenvalue weighted by atomic mass is 9.99. The van der Waals surface area contributed by atoms with Gasteiger partial charge in [-0.15, -0.1) is 11.3 Å². The minimum atomic E-state index is -0.936. The van der Waals surface area contributed by atoms with Gasteiger partial charge in [-0.3, -0.25) is 0 Å². The highest BCUT2D eigenvalue weighted by Crippen LogP contribution is 2.34. The molecule has 0 fully saturated rings. The summed E-state index contributed by atoms with van der Waals surface area (Å²) in [5, 5.41) is 13.1. The van der Waals surface area contributed by atoms with Gasteiger partial charge >= 0.3 is 11.9 Å². The maximum Gasteiger partial charge on any atom is 0.348 e. The number of thiophene rings is 1. The lowest BCUT2D eigenvalue weighted by Crippen LogP contribution is -2.35. The zero-order chi connectivity index (χ0) is 17.9. The first-order valence-electron chi connectivity index (χ1n) is 7.81. The molecule has 24 heavy (non-hydrogen) atoms. The molecular weight excluding hydrogens is 330 g/mol. The van der Waals surface area contributed by atoms with E-state index in [9.17, 15) is 14.7 Å². The average Bonchev–Trinajstić information content (AvgIpc) is 2.89. The van der Waals surface area contributed by atoms with Crippen LogP contribution in [0.15, 0.2) is 6.33 Å². The maximum atomic E-state index is 12.1. The number of carboxylic acid groups (broad SMARTS) is 1. The van der Waals surface area contributed by atoms with Crippen molar-refractivity contribution in [3.63, 3.8) is 0 Å². The maximum absolute atomic E-state index is 12.1. The third-order valence-corrected chi connectivity index (χ3v) is 5.14. The van der Waals surface area contributed by atoms with Gasteiger partial charge in [0.05, 0.1) is 12.0 Å². The van der Waals surface area contributed by atoms with E-state index in [1.807, 2.05) is 13.8 Å². The Balaban J connectivity index is 2.48. The Hall–Kier alpha value is -2.22. The number of hydrogen-bond donors (Lipinski definition) is 2. The van der Waals surface area contributed by atoms with E-state index in [-0.39, 0.29) is 5.92 Å². The number of aliphatic carboxylic acids is 1. The summed E-state index contributed by atoms with van der Waals surface area (Å²) in [5.41, 5.74) is 0.699. The van der Waals surface area contributed by atoms with Gasteiger partial charge in [0, 0.05) is 0 Å². The van der Waals surface area contributed by atoms with E-state index in [0.29, 0.717) is 33.1 Å². The first-order valence-corrected chi connectivity index (χ1v) is 8.62. The largest absolute Gasteiger partial charge is 0.480 e. The van der Waals surface area contributed by atoms with Crippen molar-refractivity contribution in [2.75, 3.05) is 11.9 Å². The molecule has 2 aromatic heterocycles. The fourth-order valence-electron chi connectivity index (χ4n) is 2.40. The molecule has 8 heteroatoms. The Morgan fingerprint density at radius 1 is 1.38 bits per heavy atom. The van der Waals surface area contributed by atoms with Crippen LogP contribution in [0.3, 0.4) is 0 Å². The number of esters is 1. The van der Waals surface area contributed by atoms with E-state index in [0.717, 1.165) is 6.42 Å². The molecule has 0 aliphatic heterocycles. The molecule has 0 spiro atoms. The second-order valence-corrected chi connectivity index (χ2v) is 6.52. The fraction of sp³-hybridized carbons (Fsp3) is 0.500. The lowest BCUT2D eigenvalue weighted by Gasteiger charge is -2.21. The van der Waals surface area contributed by atoms with E-state index in [1.165, 1.54) is 17.7 Å². The van der Waals surface area contributed by atoms with Crippen LogP contribution < -0.4 is 5.32 Å². The highest BCUT2D eigenvalue weighted by atomic mass is 32.1. The Labute approximate surface area is 144 Å². The van der Waals surface area contributed by atoms with Gasteiger partial charge in [0.25, 0.3) is 0 Å². The molecule has 0 aliphatic carbocycles. The molecule has 2 rings (SSSR count). The van der Waals surface area contributed by atoms with Crippen LogP contribution in [-0.4, -0.2) is 39.7 Å². The molecule has 0 radical (unpaired) electrons. The van der Waals surface area contributed by atoms with Crippen molar-refractivity contribution in [3.8, 4) is 0 Å². The van der Waals surface area contributed by atoms with Crippen LogP contribution in [0, 0.1) is 12.8 Å². The minimum Gasteiger partial charge on any atom is -0.480 e. The first kappa shape index (κ1) is 18.1. The summed E-state index contributed by atoms with van der Waals surface area (Å²) >= 11 is 1.22. The van der Waals surface area contributed by atoms with E-state index in [2.05, 4.69) is 15.3 Å². The highest BCUT2D eigenvalue weighted by molar-refractivity contribution is 7.20. The van der Waals surface area contributed by atoms with E-state index >= 15 is 0 Å². The smallest absolute Gasteiger partial charge is 0.348 e. The minimum absolute atomic E-state index is 0.0732. The van der Waals surface area contributed by atoms with Gasteiger partial charge in [0.2, 0.25) is 0 Å². The van der Waals surface area contributed by atoms with Gasteiger partial charge in [0.15, 0.2) is 0 Å². The van der Waals surface area contributed by atoms with E-state index in [1.54, 1.807) is 13.8 Å². The van der Waals surface area contributed by atoms with Crippen LogP contribution in [0.2, 0.25) is 0 Å². The van der Waals surface area contributed by atoms with Gasteiger partial charge in [-0.25, -0.2) is 19.6 Å². The van der Waals surface area contributed by atoms with Gasteiger partial charge in [-0.1, -0.05) is 20.3 Å². The summed E-state index contributed by atoms with van der Waals surface area (Å²) in [6, 6.07) is -0.765. The van der Waals surface area contributed by atoms with Gasteiger partial charge in [-0.2, -0.15) is 0 Å². The number of nitrogens with one attached hydrogen (secondary N) is 1. The zero-order valence-corrected chi connectivity index (χ0v) is 14.9. The molecule has 2 N–H and O–H groups in total. The number of anilines is 1. The monoisotopic (exact) mass is 351 g/mol. The molecule has 2 atom stereocenters. The fourth-order valence-corrected chi connectivity index (χ4v) is 3.45. The number of carbonyl (C=O) groups is 2. The van der Waals surface area contributed by atoms with Crippen LogP contribution in [0.1, 0.15) is 42.4 Å². The molecule has 0 amide bonds. The predicted molar refractivity (Wildman–Crippen MR) is 92.6 cm³/mol. The normalized spacial score (nSPS) is 13.5. The van der Waals surface area contributed by atoms with Crippen LogP contribution in [0.5, 0.6) is 0 Å². The number of rotatable bonds is 7. The van der Waals surface area contributed by atoms with Crippen molar-refractivity contribution >= 4 is 39.3 Å². The molecule has 0 aliphatic rings. The molecule has 7 nitrogen and oxygen atoms in total. The number of carboxylic acids is 1. The van der Waals surface area contributed by atoms with Crippen molar-refractivity contribution in [1.82, 2.24) is 9.97 Å². The van der Waals surface area contributed by atoms with Crippen molar-refractivity contribution in [2.45, 2.75) is 40.2 Å². The number of carbonyl (C=O) groups excluding carboxylic acids is 1. The standard InChI is InChI=1S/C16H21N3O4S/c1-5-8(3)11(15(20)21)19-13-10-9(4)12(16(22)23-6-2)24-14(10)18-7-17-13/h7-8,11H,5-6H2,1-4H3,(H,20,21)(H,17,18,19)/t8-,11-/m0/s1. The van der Waals surface area contributed by atoms with Crippen LogP contribution in [0.25, 0.3) is 10.2 Å². The van der Waals surface area contributed by atoms with Crippen LogP contribution in [0.4, 0.5) is 5.82 Å².